The van der Waals surface area contributed by atoms with E-state index in [9.17, 15) is 0 Å². The molecule has 8 rings (SSSR count). The third-order valence-corrected chi connectivity index (χ3v) is 10.6. The first-order valence-electron chi connectivity index (χ1n) is 14.0. The van der Waals surface area contributed by atoms with Gasteiger partial charge in [0.1, 0.15) is 5.58 Å². The average Bonchev–Trinajstić information content (AvgIpc) is 3.59. The Bertz CT molecular complexity index is 2180. The Hall–Kier alpha value is -3.93. The fraction of sp³-hybridized carbons (Fsp3) is 0.0811. The Kier molecular flexibility index (Phi) is 8.12. The van der Waals surface area contributed by atoms with Crippen molar-refractivity contribution in [1.82, 2.24) is 9.97 Å². The van der Waals surface area contributed by atoms with E-state index in [0.717, 1.165) is 44.5 Å². The van der Waals surface area contributed by atoms with E-state index in [1.165, 1.54) is 25.4 Å². The monoisotopic (exact) mass is 769 g/mol. The van der Waals surface area contributed by atoms with Gasteiger partial charge in [-0.1, -0.05) is 85.2 Å². The Morgan fingerprint density at radius 2 is 1.42 bits per heavy atom. The molecule has 0 N–H and O–H groups in total. The first-order chi connectivity index (χ1) is 20.5. The summed E-state index contributed by atoms with van der Waals surface area (Å²) in [6.07, 6.45) is 3.99. The number of thiophene rings is 1. The number of aromatic nitrogens is 2. The molecule has 4 heterocycles. The van der Waals surface area contributed by atoms with Crippen LogP contribution in [0.25, 0.3) is 64.6 Å². The molecular weight excluding hydrogens is 741 g/mol. The van der Waals surface area contributed by atoms with Crippen molar-refractivity contribution >= 4 is 66.7 Å². The zero-order chi connectivity index (χ0) is 28.7. The van der Waals surface area contributed by atoms with Crippen molar-refractivity contribution in [1.29, 1.82) is 0 Å². The standard InChI is InChI=1S/C23H12NOS.C14H16NSi.Ir/c1-3-10-20-14(6-1)16-8-5-9-17(23(16)25-20)19-12-22-18(13-24-19)15-7-2-4-11-21(15)26-22;1-16(2,3)13-9-10-14(15-11-13)12-7-5-4-6-8-12;/h1-8,10-13H;4-7,9-11H,1-3H3;/q2*-1;. The van der Waals surface area contributed by atoms with E-state index in [4.69, 9.17) is 9.40 Å². The fourth-order valence-electron chi connectivity index (χ4n) is 5.19. The van der Waals surface area contributed by atoms with Crippen LogP contribution in [0.1, 0.15) is 0 Å². The minimum atomic E-state index is -1.23. The molecule has 8 aromatic rings. The Balaban J connectivity index is 0.000000168. The van der Waals surface area contributed by atoms with Crippen LogP contribution in [0, 0.1) is 12.1 Å². The zero-order valence-corrected chi connectivity index (χ0v) is 28.2. The van der Waals surface area contributed by atoms with Gasteiger partial charge in [0.05, 0.1) is 13.7 Å². The van der Waals surface area contributed by atoms with Crippen LogP contribution in [0.2, 0.25) is 19.6 Å². The number of benzene rings is 4. The maximum Gasteiger partial charge on any atom is 0.120 e. The Labute approximate surface area is 269 Å². The summed E-state index contributed by atoms with van der Waals surface area (Å²) in [4.78, 5) is 9.25. The second kappa shape index (κ2) is 12.0. The third kappa shape index (κ3) is 5.72. The maximum absolute atomic E-state index is 6.14. The molecule has 0 aliphatic rings. The number of pyridine rings is 2. The molecule has 3 nitrogen and oxygen atoms in total. The number of hydrogen-bond donors (Lipinski definition) is 0. The van der Waals surface area contributed by atoms with E-state index in [0.29, 0.717) is 0 Å². The van der Waals surface area contributed by atoms with E-state index >= 15 is 0 Å². The van der Waals surface area contributed by atoms with Crippen LogP contribution in [0.15, 0.2) is 120 Å². The normalized spacial score (nSPS) is 11.4. The van der Waals surface area contributed by atoms with Crippen LogP contribution in [-0.4, -0.2) is 18.0 Å². The first kappa shape index (κ1) is 29.2. The number of para-hydroxylation sites is 1. The number of rotatable bonds is 3. The molecule has 0 saturated heterocycles. The van der Waals surface area contributed by atoms with Crippen molar-refractivity contribution in [3.05, 3.63) is 128 Å². The van der Waals surface area contributed by atoms with Crippen molar-refractivity contribution in [2.75, 3.05) is 0 Å². The SMILES string of the molecule is C[Si](C)(C)c1ccc(-c2[c-]cccc2)nc1.[Ir].[c-]1ccc2c(oc3ccccc32)c1-c1cc2sc3ccccc3c2cn1. The van der Waals surface area contributed by atoms with Crippen LogP contribution in [0.3, 0.4) is 0 Å². The molecular formula is C37H28IrN2OSSi-2. The summed E-state index contributed by atoms with van der Waals surface area (Å²) in [5.41, 5.74) is 5.62. The van der Waals surface area contributed by atoms with E-state index < -0.39 is 8.07 Å². The molecule has 6 heteroatoms. The fourth-order valence-corrected chi connectivity index (χ4v) is 7.34. The Morgan fingerprint density at radius 1 is 0.651 bits per heavy atom. The van der Waals surface area contributed by atoms with Gasteiger partial charge in [-0.25, -0.2) is 0 Å². The van der Waals surface area contributed by atoms with Gasteiger partial charge < -0.3 is 14.4 Å². The molecule has 0 aliphatic heterocycles. The van der Waals surface area contributed by atoms with Gasteiger partial charge in [-0.3, -0.25) is 0 Å². The molecule has 0 atom stereocenters. The predicted octanol–water partition coefficient (Wildman–Crippen LogP) is 9.91. The number of hydrogen-bond acceptors (Lipinski definition) is 4. The van der Waals surface area contributed by atoms with Gasteiger partial charge in [-0.15, -0.1) is 65.4 Å². The van der Waals surface area contributed by atoms with Gasteiger partial charge in [0, 0.05) is 58.1 Å². The molecule has 4 aromatic heterocycles. The number of furan rings is 1. The summed E-state index contributed by atoms with van der Waals surface area (Å²) < 4.78 is 8.66. The minimum absolute atomic E-state index is 0. The van der Waals surface area contributed by atoms with Crippen LogP contribution >= 0.6 is 11.3 Å². The number of nitrogens with zero attached hydrogens (tertiary/aromatic N) is 2. The summed E-state index contributed by atoms with van der Waals surface area (Å²) >= 11 is 1.80. The quantitative estimate of drug-likeness (QED) is 0.133. The van der Waals surface area contributed by atoms with E-state index in [-0.39, 0.29) is 20.1 Å². The summed E-state index contributed by atoms with van der Waals surface area (Å²) in [5.74, 6) is 0. The first-order valence-corrected chi connectivity index (χ1v) is 18.3. The second-order valence-electron chi connectivity index (χ2n) is 11.3. The average molecular weight is 769 g/mol. The zero-order valence-electron chi connectivity index (χ0n) is 24.0. The summed E-state index contributed by atoms with van der Waals surface area (Å²) in [5, 5.41) is 6.09. The van der Waals surface area contributed by atoms with Crippen molar-refractivity contribution < 1.29 is 24.5 Å². The van der Waals surface area contributed by atoms with Gasteiger partial charge in [-0.2, -0.15) is 0 Å². The number of fused-ring (bicyclic) bond motifs is 6. The molecule has 0 unspecified atom stereocenters. The van der Waals surface area contributed by atoms with E-state index in [1.54, 1.807) is 11.3 Å². The van der Waals surface area contributed by atoms with Gasteiger partial charge in [0.25, 0.3) is 0 Å². The van der Waals surface area contributed by atoms with Crippen molar-refractivity contribution in [3.8, 4) is 22.5 Å². The van der Waals surface area contributed by atoms with Crippen LogP contribution < -0.4 is 5.19 Å². The largest absolute Gasteiger partial charge is 0.501 e. The summed E-state index contributed by atoms with van der Waals surface area (Å²) in [6, 6.07) is 41.5. The molecule has 0 aliphatic carbocycles. The van der Waals surface area contributed by atoms with Gasteiger partial charge in [0.2, 0.25) is 0 Å². The molecule has 0 saturated carbocycles. The van der Waals surface area contributed by atoms with E-state index in [1.807, 2.05) is 60.9 Å². The third-order valence-electron chi connectivity index (χ3n) is 7.47. The van der Waals surface area contributed by atoms with Crippen LogP contribution in [0.5, 0.6) is 0 Å². The smallest absolute Gasteiger partial charge is 0.120 e. The van der Waals surface area contributed by atoms with Gasteiger partial charge >= 0.3 is 0 Å². The maximum atomic E-state index is 6.14. The molecule has 0 amide bonds. The molecule has 213 valence electrons. The van der Waals surface area contributed by atoms with Crippen molar-refractivity contribution in [3.63, 3.8) is 0 Å². The van der Waals surface area contributed by atoms with Crippen molar-refractivity contribution in [2.45, 2.75) is 19.6 Å². The van der Waals surface area contributed by atoms with Gasteiger partial charge in [-0.05, 0) is 28.7 Å². The minimum Gasteiger partial charge on any atom is -0.501 e. The molecule has 1 radical (unpaired) electrons. The Morgan fingerprint density at radius 3 is 2.19 bits per heavy atom. The summed E-state index contributed by atoms with van der Waals surface area (Å²) in [7, 11) is -1.23. The van der Waals surface area contributed by atoms with Crippen molar-refractivity contribution in [2.24, 2.45) is 0 Å². The summed E-state index contributed by atoms with van der Waals surface area (Å²) in [6.45, 7) is 7.00. The van der Waals surface area contributed by atoms with E-state index in [2.05, 4.69) is 91.4 Å². The molecule has 0 bridgehead atoms. The molecule has 0 fully saturated rings. The molecule has 0 spiro atoms. The van der Waals surface area contributed by atoms with Gasteiger partial charge in [0.15, 0.2) is 0 Å². The molecule has 43 heavy (non-hydrogen) atoms. The molecule has 4 aromatic carbocycles. The van der Waals surface area contributed by atoms with Crippen LogP contribution in [0.4, 0.5) is 0 Å². The second-order valence-corrected chi connectivity index (χ2v) is 17.5. The predicted molar refractivity (Wildman–Crippen MR) is 180 cm³/mol. The topological polar surface area (TPSA) is 38.9 Å². The van der Waals surface area contributed by atoms with Crippen LogP contribution in [-0.2, 0) is 20.1 Å².